The van der Waals surface area contributed by atoms with Crippen LogP contribution in [0.1, 0.15) is 55.7 Å². The van der Waals surface area contributed by atoms with Gasteiger partial charge in [0, 0.05) is 38.1 Å². The van der Waals surface area contributed by atoms with Crippen LogP contribution in [0.15, 0.2) is 30.3 Å². The smallest absolute Gasteiger partial charge is 0.137 e. The summed E-state index contributed by atoms with van der Waals surface area (Å²) in [6, 6.07) is 11.7. The van der Waals surface area contributed by atoms with Crippen LogP contribution in [0.25, 0.3) is 0 Å². The van der Waals surface area contributed by atoms with Gasteiger partial charge in [0.05, 0.1) is 5.60 Å². The maximum atomic E-state index is 6.08. The number of hydrogen-bond donors (Lipinski definition) is 1. The van der Waals surface area contributed by atoms with E-state index in [0.717, 1.165) is 50.5 Å². The highest BCUT2D eigenvalue weighted by Gasteiger charge is 2.43. The van der Waals surface area contributed by atoms with E-state index >= 15 is 0 Å². The Morgan fingerprint density at radius 1 is 1.12 bits per heavy atom. The number of hydrogen-bond acceptors (Lipinski definition) is 4. The van der Waals surface area contributed by atoms with Crippen LogP contribution in [0.3, 0.4) is 0 Å². The Morgan fingerprint density at radius 3 is 2.81 bits per heavy atom. The topological polar surface area (TPSA) is 52.0 Å². The van der Waals surface area contributed by atoms with E-state index in [1.54, 1.807) is 0 Å². The molecular formula is C21H28N4O. The fourth-order valence-electron chi connectivity index (χ4n) is 4.85. The third-order valence-corrected chi connectivity index (χ3v) is 6.46. The molecule has 2 fully saturated rings. The van der Waals surface area contributed by atoms with Crippen molar-refractivity contribution in [1.29, 1.82) is 0 Å². The number of fused-ring (bicyclic) bond motifs is 1. The number of rotatable bonds is 4. The first-order chi connectivity index (χ1) is 12.8. The first-order valence-electron chi connectivity index (χ1n) is 10.1. The molecular weight excluding hydrogens is 324 g/mol. The van der Waals surface area contributed by atoms with Crippen molar-refractivity contribution in [2.45, 2.75) is 75.6 Å². The summed E-state index contributed by atoms with van der Waals surface area (Å²) < 4.78 is 8.44. The van der Waals surface area contributed by atoms with Crippen LogP contribution in [0.2, 0.25) is 0 Å². The highest BCUT2D eigenvalue weighted by molar-refractivity contribution is 5.19. The Labute approximate surface area is 155 Å². The molecule has 2 unspecified atom stereocenters. The standard InChI is InChI=1S/C21H28N4O/c1-2-5-16(6-3-1)13-20-24-23-19-8-7-18(15-25(19)20)22-17-9-12-26-21(14-17)10-4-11-21/h1-3,5-6,17-18,22H,4,7-15H2. The van der Waals surface area contributed by atoms with Crippen molar-refractivity contribution < 1.29 is 4.74 Å². The minimum atomic E-state index is 0.213. The Hall–Kier alpha value is -1.72. The third kappa shape index (κ3) is 3.19. The zero-order chi connectivity index (χ0) is 17.4. The lowest BCUT2D eigenvalue weighted by Crippen LogP contribution is -2.53. The zero-order valence-electron chi connectivity index (χ0n) is 15.4. The van der Waals surface area contributed by atoms with Crippen molar-refractivity contribution in [2.24, 2.45) is 0 Å². The minimum absolute atomic E-state index is 0.213. The van der Waals surface area contributed by atoms with Gasteiger partial charge in [-0.2, -0.15) is 0 Å². The molecule has 1 saturated heterocycles. The highest BCUT2D eigenvalue weighted by atomic mass is 16.5. The van der Waals surface area contributed by atoms with Crippen LogP contribution >= 0.6 is 0 Å². The lowest BCUT2D eigenvalue weighted by Gasteiger charge is -2.48. The van der Waals surface area contributed by atoms with Gasteiger partial charge in [-0.15, -0.1) is 10.2 Å². The fourth-order valence-corrected chi connectivity index (χ4v) is 4.85. The molecule has 1 N–H and O–H groups in total. The van der Waals surface area contributed by atoms with Crippen molar-refractivity contribution in [3.05, 3.63) is 47.5 Å². The van der Waals surface area contributed by atoms with Crippen LogP contribution in [0.5, 0.6) is 0 Å². The van der Waals surface area contributed by atoms with Crippen molar-refractivity contribution >= 4 is 0 Å². The monoisotopic (exact) mass is 352 g/mol. The van der Waals surface area contributed by atoms with Crippen LogP contribution in [0, 0.1) is 0 Å². The molecule has 2 aromatic rings. The lowest BCUT2D eigenvalue weighted by atomic mass is 9.74. The van der Waals surface area contributed by atoms with Gasteiger partial charge in [0.15, 0.2) is 0 Å². The molecule has 1 aliphatic carbocycles. The normalized spacial score (nSPS) is 27.1. The van der Waals surface area contributed by atoms with Crippen molar-refractivity contribution in [2.75, 3.05) is 6.61 Å². The predicted octanol–water partition coefficient (Wildman–Crippen LogP) is 2.88. The summed E-state index contributed by atoms with van der Waals surface area (Å²) in [7, 11) is 0. The summed E-state index contributed by atoms with van der Waals surface area (Å²) in [6.45, 7) is 1.91. The predicted molar refractivity (Wildman–Crippen MR) is 100 cm³/mol. The summed E-state index contributed by atoms with van der Waals surface area (Å²) in [5, 5.41) is 12.9. The molecule has 2 atom stereocenters. The van der Waals surface area contributed by atoms with Gasteiger partial charge >= 0.3 is 0 Å². The lowest BCUT2D eigenvalue weighted by molar-refractivity contribution is -0.136. The Balaban J connectivity index is 1.25. The SMILES string of the molecule is c1ccc(Cc2nnc3n2CC(NC2CCOC4(CCC4)C2)CC3)cc1. The van der Waals surface area contributed by atoms with E-state index in [-0.39, 0.29) is 5.60 Å². The Bertz CT molecular complexity index is 753. The maximum Gasteiger partial charge on any atom is 0.137 e. The number of aromatic nitrogens is 3. The molecule has 2 aliphatic heterocycles. The number of nitrogens with zero attached hydrogens (tertiary/aromatic N) is 3. The molecule has 1 aromatic heterocycles. The van der Waals surface area contributed by atoms with E-state index in [4.69, 9.17) is 4.74 Å². The van der Waals surface area contributed by atoms with E-state index in [1.807, 2.05) is 0 Å². The molecule has 1 saturated carbocycles. The van der Waals surface area contributed by atoms with Gasteiger partial charge in [-0.25, -0.2) is 0 Å². The molecule has 1 aromatic carbocycles. The summed E-state index contributed by atoms with van der Waals surface area (Å²) >= 11 is 0. The van der Waals surface area contributed by atoms with E-state index < -0.39 is 0 Å². The van der Waals surface area contributed by atoms with Crippen LogP contribution < -0.4 is 5.32 Å². The number of aryl methyl sites for hydroxylation is 1. The van der Waals surface area contributed by atoms with Crippen LogP contribution in [-0.2, 0) is 24.1 Å². The Morgan fingerprint density at radius 2 is 2.00 bits per heavy atom. The molecule has 3 aliphatic rings. The maximum absolute atomic E-state index is 6.08. The highest BCUT2D eigenvalue weighted by Crippen LogP contribution is 2.42. The van der Waals surface area contributed by atoms with Crippen LogP contribution in [0.4, 0.5) is 0 Å². The first kappa shape index (κ1) is 16.5. The molecule has 5 rings (SSSR count). The van der Waals surface area contributed by atoms with Gasteiger partial charge in [0.2, 0.25) is 0 Å². The summed E-state index contributed by atoms with van der Waals surface area (Å²) in [6.07, 6.45) is 9.23. The molecule has 138 valence electrons. The quantitative estimate of drug-likeness (QED) is 0.919. The molecule has 0 amide bonds. The summed E-state index contributed by atoms with van der Waals surface area (Å²) in [5.74, 6) is 2.25. The van der Waals surface area contributed by atoms with Crippen molar-refractivity contribution in [3.63, 3.8) is 0 Å². The first-order valence-corrected chi connectivity index (χ1v) is 10.1. The fraction of sp³-hybridized carbons (Fsp3) is 0.619. The average Bonchev–Trinajstić information content (AvgIpc) is 3.04. The molecule has 0 radical (unpaired) electrons. The second-order valence-electron chi connectivity index (χ2n) is 8.28. The van der Waals surface area contributed by atoms with Crippen LogP contribution in [-0.4, -0.2) is 39.1 Å². The molecule has 0 bridgehead atoms. The van der Waals surface area contributed by atoms with Gasteiger partial charge in [-0.1, -0.05) is 30.3 Å². The largest absolute Gasteiger partial charge is 0.375 e. The molecule has 26 heavy (non-hydrogen) atoms. The van der Waals surface area contributed by atoms with Crippen molar-refractivity contribution in [3.8, 4) is 0 Å². The zero-order valence-corrected chi connectivity index (χ0v) is 15.4. The van der Waals surface area contributed by atoms with E-state index in [1.165, 1.54) is 31.2 Å². The Kier molecular flexibility index (Phi) is 4.29. The average molecular weight is 352 g/mol. The third-order valence-electron chi connectivity index (χ3n) is 6.46. The summed E-state index contributed by atoms with van der Waals surface area (Å²) in [4.78, 5) is 0. The van der Waals surface area contributed by atoms with Gasteiger partial charge in [-0.3, -0.25) is 0 Å². The second-order valence-corrected chi connectivity index (χ2v) is 8.28. The van der Waals surface area contributed by atoms with Gasteiger partial charge < -0.3 is 14.6 Å². The molecule has 5 nitrogen and oxygen atoms in total. The number of benzene rings is 1. The summed E-state index contributed by atoms with van der Waals surface area (Å²) in [5.41, 5.74) is 1.51. The molecule has 5 heteroatoms. The van der Waals surface area contributed by atoms with E-state index in [0.29, 0.717) is 12.1 Å². The second kappa shape index (κ2) is 6.78. The van der Waals surface area contributed by atoms with Gasteiger partial charge in [0.25, 0.3) is 0 Å². The van der Waals surface area contributed by atoms with Gasteiger partial charge in [0.1, 0.15) is 11.6 Å². The van der Waals surface area contributed by atoms with E-state index in [2.05, 4.69) is 50.4 Å². The number of nitrogens with one attached hydrogen (secondary N) is 1. The van der Waals surface area contributed by atoms with Crippen molar-refractivity contribution in [1.82, 2.24) is 20.1 Å². The molecule has 3 heterocycles. The minimum Gasteiger partial charge on any atom is -0.375 e. The number of ether oxygens (including phenoxy) is 1. The van der Waals surface area contributed by atoms with Gasteiger partial charge in [-0.05, 0) is 44.1 Å². The molecule has 1 spiro atoms. The van der Waals surface area contributed by atoms with E-state index in [9.17, 15) is 0 Å².